The summed E-state index contributed by atoms with van der Waals surface area (Å²) in [5.74, 6) is 5.50. The third-order valence-electron chi connectivity index (χ3n) is 3.35. The normalized spacial score (nSPS) is 12.1. The summed E-state index contributed by atoms with van der Waals surface area (Å²) >= 11 is 0. The van der Waals surface area contributed by atoms with Crippen LogP contribution in [0, 0.1) is 12.3 Å². The minimum Gasteiger partial charge on any atom is -0.324 e. The molecule has 1 atom stereocenters. The molecular formula is C15H25N5O. The van der Waals surface area contributed by atoms with Crippen molar-refractivity contribution in [1.29, 1.82) is 5.41 Å². The summed E-state index contributed by atoms with van der Waals surface area (Å²) in [6.45, 7) is 8.06. The van der Waals surface area contributed by atoms with Gasteiger partial charge in [-0.3, -0.25) is 15.5 Å². The van der Waals surface area contributed by atoms with E-state index in [1.165, 1.54) is 0 Å². The molecule has 116 valence electrons. The van der Waals surface area contributed by atoms with E-state index in [1.807, 2.05) is 25.1 Å². The van der Waals surface area contributed by atoms with Gasteiger partial charge in [0.25, 0.3) is 0 Å². The molecule has 0 aliphatic heterocycles. The van der Waals surface area contributed by atoms with Gasteiger partial charge in [0, 0.05) is 5.69 Å². The number of carbonyl (C=O) groups excluding carboxylic acids is 1. The molecule has 1 amide bonds. The Bertz CT molecular complexity index is 513. The highest BCUT2D eigenvalue weighted by Gasteiger charge is 2.13. The second-order valence-electron chi connectivity index (χ2n) is 5.40. The van der Waals surface area contributed by atoms with Gasteiger partial charge in [0.05, 0.1) is 12.6 Å². The topological polar surface area (TPSA) is 103 Å². The first-order valence-corrected chi connectivity index (χ1v) is 7.04. The second kappa shape index (κ2) is 7.75. The molecule has 6 heteroatoms. The van der Waals surface area contributed by atoms with Gasteiger partial charge in [-0.25, -0.2) is 5.84 Å². The van der Waals surface area contributed by atoms with Gasteiger partial charge in [-0.05, 0) is 30.9 Å². The molecule has 1 aromatic rings. The van der Waals surface area contributed by atoms with Crippen molar-refractivity contribution >= 4 is 17.4 Å². The average molecular weight is 291 g/mol. The first-order chi connectivity index (χ1) is 9.86. The van der Waals surface area contributed by atoms with Crippen LogP contribution in [0.25, 0.3) is 0 Å². The summed E-state index contributed by atoms with van der Waals surface area (Å²) in [5, 5.41) is 13.4. The fourth-order valence-electron chi connectivity index (χ4n) is 2.00. The highest BCUT2D eigenvalue weighted by Crippen LogP contribution is 2.27. The lowest BCUT2D eigenvalue weighted by Gasteiger charge is -2.18. The van der Waals surface area contributed by atoms with Gasteiger partial charge >= 0.3 is 0 Å². The van der Waals surface area contributed by atoms with Crippen molar-refractivity contribution in [2.75, 3.05) is 11.9 Å². The van der Waals surface area contributed by atoms with Crippen molar-refractivity contribution in [3.8, 4) is 0 Å². The van der Waals surface area contributed by atoms with E-state index in [0.717, 1.165) is 16.8 Å². The highest BCUT2D eigenvalue weighted by atomic mass is 16.1. The fraction of sp³-hybridized carbons (Fsp3) is 0.467. The maximum atomic E-state index is 12.1. The number of hydrogen-bond donors (Lipinski definition) is 5. The molecule has 0 aromatic heterocycles. The molecule has 0 saturated heterocycles. The number of carbonyl (C=O) groups is 1. The number of rotatable bonds is 6. The number of nitrogens with one attached hydrogen (secondary N) is 4. The van der Waals surface area contributed by atoms with E-state index in [1.54, 1.807) is 6.92 Å². The lowest BCUT2D eigenvalue weighted by atomic mass is 9.98. The van der Waals surface area contributed by atoms with Crippen LogP contribution in [0.3, 0.4) is 0 Å². The standard InChI is InChI=1S/C15H25N5O/c1-9(2)12-7-5-6-10(3)14(12)19-13(21)8-18-11(4)15(16)20-17/h5-7,9,11,18H,8,17H2,1-4H3,(H2,16,20)(H,19,21). The zero-order valence-corrected chi connectivity index (χ0v) is 13.1. The molecule has 0 heterocycles. The lowest BCUT2D eigenvalue weighted by Crippen LogP contribution is -2.46. The Morgan fingerprint density at radius 3 is 2.57 bits per heavy atom. The maximum absolute atomic E-state index is 12.1. The molecule has 0 aliphatic carbocycles. The Labute approximate surface area is 126 Å². The molecule has 0 aliphatic rings. The quantitative estimate of drug-likeness (QED) is 0.237. The Morgan fingerprint density at radius 2 is 2.00 bits per heavy atom. The third kappa shape index (κ3) is 4.84. The van der Waals surface area contributed by atoms with E-state index >= 15 is 0 Å². The number of amides is 1. The number of hydrogen-bond acceptors (Lipinski definition) is 4. The zero-order valence-electron chi connectivity index (χ0n) is 13.1. The minimum absolute atomic E-state index is 0.122. The van der Waals surface area contributed by atoms with Gasteiger partial charge in [0.15, 0.2) is 0 Å². The van der Waals surface area contributed by atoms with Gasteiger partial charge in [-0.15, -0.1) is 0 Å². The Kier molecular flexibility index (Phi) is 6.33. The minimum atomic E-state index is -0.304. The number of hydrazine groups is 1. The fourth-order valence-corrected chi connectivity index (χ4v) is 2.00. The van der Waals surface area contributed by atoms with E-state index in [-0.39, 0.29) is 24.3 Å². The lowest BCUT2D eigenvalue weighted by molar-refractivity contribution is -0.115. The summed E-state index contributed by atoms with van der Waals surface area (Å²) in [6, 6.07) is 5.69. The Balaban J connectivity index is 2.69. The highest BCUT2D eigenvalue weighted by molar-refractivity contribution is 5.94. The first kappa shape index (κ1) is 17.1. The van der Waals surface area contributed by atoms with Gasteiger partial charge in [-0.1, -0.05) is 32.0 Å². The van der Waals surface area contributed by atoms with Crippen LogP contribution in [0.5, 0.6) is 0 Å². The van der Waals surface area contributed by atoms with Crippen molar-refractivity contribution in [3.63, 3.8) is 0 Å². The third-order valence-corrected chi connectivity index (χ3v) is 3.35. The van der Waals surface area contributed by atoms with Crippen molar-refractivity contribution < 1.29 is 4.79 Å². The van der Waals surface area contributed by atoms with Crippen molar-refractivity contribution in [1.82, 2.24) is 10.7 Å². The van der Waals surface area contributed by atoms with E-state index < -0.39 is 0 Å². The summed E-state index contributed by atoms with van der Waals surface area (Å²) in [7, 11) is 0. The molecule has 1 unspecified atom stereocenters. The molecule has 0 bridgehead atoms. The van der Waals surface area contributed by atoms with Crippen molar-refractivity contribution in [2.24, 2.45) is 5.84 Å². The van der Waals surface area contributed by atoms with E-state index in [9.17, 15) is 4.79 Å². The monoisotopic (exact) mass is 291 g/mol. The van der Waals surface area contributed by atoms with Crippen LogP contribution in [0.4, 0.5) is 5.69 Å². The Hall–Kier alpha value is -1.92. The van der Waals surface area contributed by atoms with Gasteiger partial charge in [0.2, 0.25) is 5.91 Å². The molecule has 0 fully saturated rings. The molecule has 0 radical (unpaired) electrons. The average Bonchev–Trinajstić information content (AvgIpc) is 2.45. The number of para-hydroxylation sites is 1. The molecular weight excluding hydrogens is 266 g/mol. The van der Waals surface area contributed by atoms with Gasteiger partial charge < -0.3 is 10.7 Å². The smallest absolute Gasteiger partial charge is 0.238 e. The van der Waals surface area contributed by atoms with E-state index in [0.29, 0.717) is 5.92 Å². The van der Waals surface area contributed by atoms with Crippen LogP contribution >= 0.6 is 0 Å². The first-order valence-electron chi connectivity index (χ1n) is 7.04. The molecule has 1 aromatic carbocycles. The maximum Gasteiger partial charge on any atom is 0.238 e. The van der Waals surface area contributed by atoms with Crippen LogP contribution in [0.1, 0.15) is 37.8 Å². The molecule has 0 spiro atoms. The molecule has 6 nitrogen and oxygen atoms in total. The van der Waals surface area contributed by atoms with Crippen molar-refractivity contribution in [2.45, 2.75) is 39.7 Å². The molecule has 6 N–H and O–H groups in total. The summed E-state index contributed by atoms with van der Waals surface area (Å²) in [4.78, 5) is 12.1. The zero-order chi connectivity index (χ0) is 16.0. The summed E-state index contributed by atoms with van der Waals surface area (Å²) in [5.41, 5.74) is 5.29. The summed E-state index contributed by atoms with van der Waals surface area (Å²) < 4.78 is 0. The van der Waals surface area contributed by atoms with Crippen LogP contribution < -0.4 is 21.9 Å². The molecule has 21 heavy (non-hydrogen) atoms. The number of nitrogens with two attached hydrogens (primary N) is 1. The largest absolute Gasteiger partial charge is 0.324 e. The number of benzene rings is 1. The number of amidine groups is 1. The Morgan fingerprint density at radius 1 is 1.33 bits per heavy atom. The molecule has 1 rings (SSSR count). The molecule has 0 saturated carbocycles. The van der Waals surface area contributed by atoms with Crippen LogP contribution in [0.2, 0.25) is 0 Å². The predicted molar refractivity (Wildman–Crippen MR) is 86.4 cm³/mol. The number of aryl methyl sites for hydroxylation is 1. The van der Waals surface area contributed by atoms with E-state index in [4.69, 9.17) is 11.3 Å². The van der Waals surface area contributed by atoms with Crippen molar-refractivity contribution in [3.05, 3.63) is 29.3 Å². The van der Waals surface area contributed by atoms with Gasteiger partial charge in [0.1, 0.15) is 5.84 Å². The number of anilines is 1. The van der Waals surface area contributed by atoms with Crippen LogP contribution in [0.15, 0.2) is 18.2 Å². The van der Waals surface area contributed by atoms with Gasteiger partial charge in [-0.2, -0.15) is 0 Å². The predicted octanol–water partition coefficient (Wildman–Crippen LogP) is 1.48. The van der Waals surface area contributed by atoms with E-state index in [2.05, 4.69) is 29.9 Å². The second-order valence-corrected chi connectivity index (χ2v) is 5.40. The summed E-state index contributed by atoms with van der Waals surface area (Å²) in [6.07, 6.45) is 0. The van der Waals surface area contributed by atoms with Crippen LogP contribution in [-0.2, 0) is 4.79 Å². The van der Waals surface area contributed by atoms with Crippen LogP contribution in [-0.4, -0.2) is 24.3 Å². The SMILES string of the molecule is Cc1cccc(C(C)C)c1NC(=O)CNC(C)C(=N)NN.